The number of benzene rings is 1. The summed E-state index contributed by atoms with van der Waals surface area (Å²) in [6.07, 6.45) is 2.81. The van der Waals surface area contributed by atoms with E-state index in [-0.39, 0.29) is 11.6 Å². The van der Waals surface area contributed by atoms with Gasteiger partial charge in [0.15, 0.2) is 0 Å². The van der Waals surface area contributed by atoms with Crippen molar-refractivity contribution in [3.8, 4) is 5.75 Å². The molecule has 7 heteroatoms. The molecule has 0 amide bonds. The number of morpholine rings is 1. The summed E-state index contributed by atoms with van der Waals surface area (Å²) in [5, 5.41) is 1.73. The van der Waals surface area contributed by atoms with Gasteiger partial charge in [-0.15, -0.1) is 0 Å². The molecule has 5 rings (SSSR count). The van der Waals surface area contributed by atoms with Crippen LogP contribution in [0.1, 0.15) is 12.5 Å². The van der Waals surface area contributed by atoms with Gasteiger partial charge in [-0.25, -0.2) is 0 Å². The molecule has 3 aromatic rings. The van der Waals surface area contributed by atoms with Crippen LogP contribution >= 0.6 is 0 Å². The number of aromatic nitrogens is 2. The molecule has 0 saturated carbocycles. The number of fused-ring (bicyclic) bond motifs is 3. The number of hydrogen-bond acceptors (Lipinski definition) is 5. The number of para-hydroxylation sites is 1. The van der Waals surface area contributed by atoms with E-state index in [9.17, 15) is 4.79 Å². The molecule has 7 nitrogen and oxygen atoms in total. The van der Waals surface area contributed by atoms with Crippen molar-refractivity contribution in [2.24, 2.45) is 0 Å². The Kier molecular flexibility index (Phi) is 5.03. The fraction of sp³-hybridized carbons (Fsp3) is 0.500. The van der Waals surface area contributed by atoms with E-state index in [1.54, 1.807) is 7.11 Å². The first-order valence-electron chi connectivity index (χ1n) is 10.4. The number of ether oxygens (including phenoxy) is 3. The predicted molar refractivity (Wildman–Crippen MR) is 112 cm³/mol. The Hall–Kier alpha value is -2.35. The molecule has 2 fully saturated rings. The molecule has 0 spiro atoms. The van der Waals surface area contributed by atoms with Gasteiger partial charge in [0.1, 0.15) is 5.75 Å². The second-order valence-electron chi connectivity index (χ2n) is 7.77. The Balaban J connectivity index is 1.65. The molecule has 4 heterocycles. The Bertz CT molecular complexity index is 1080. The van der Waals surface area contributed by atoms with Gasteiger partial charge in [0.05, 0.1) is 49.4 Å². The van der Waals surface area contributed by atoms with E-state index >= 15 is 0 Å². The van der Waals surface area contributed by atoms with Crippen LogP contribution in [0, 0.1) is 0 Å². The maximum absolute atomic E-state index is 13.5. The first kappa shape index (κ1) is 18.7. The molecule has 0 N–H and O–H groups in total. The summed E-state index contributed by atoms with van der Waals surface area (Å²) in [6, 6.07) is 8.15. The highest BCUT2D eigenvalue weighted by atomic mass is 16.5. The molecule has 154 valence electrons. The lowest BCUT2D eigenvalue weighted by Gasteiger charge is -2.27. The van der Waals surface area contributed by atoms with E-state index in [4.69, 9.17) is 14.2 Å². The molecule has 0 bridgehead atoms. The highest BCUT2D eigenvalue weighted by Gasteiger charge is 2.23. The van der Waals surface area contributed by atoms with Crippen LogP contribution in [0.3, 0.4) is 0 Å². The molecule has 0 unspecified atom stereocenters. The van der Waals surface area contributed by atoms with Gasteiger partial charge in [0.2, 0.25) is 0 Å². The molecular formula is C22H27N3O4. The Morgan fingerprint density at radius 3 is 2.72 bits per heavy atom. The summed E-state index contributed by atoms with van der Waals surface area (Å²) in [4.78, 5) is 15.9. The third kappa shape index (κ3) is 3.23. The van der Waals surface area contributed by atoms with Gasteiger partial charge in [0.25, 0.3) is 5.56 Å². The van der Waals surface area contributed by atoms with Crippen LogP contribution < -0.4 is 10.3 Å². The molecular weight excluding hydrogens is 370 g/mol. The molecule has 2 saturated heterocycles. The van der Waals surface area contributed by atoms with E-state index in [0.29, 0.717) is 13.2 Å². The van der Waals surface area contributed by atoms with Gasteiger partial charge in [-0.1, -0.05) is 12.1 Å². The van der Waals surface area contributed by atoms with Crippen LogP contribution in [0.15, 0.2) is 35.3 Å². The van der Waals surface area contributed by atoms with E-state index < -0.39 is 0 Å². The summed E-state index contributed by atoms with van der Waals surface area (Å²) in [7, 11) is 1.69. The average molecular weight is 397 g/mol. The third-order valence-electron chi connectivity index (χ3n) is 6.19. The van der Waals surface area contributed by atoms with Crippen LogP contribution in [-0.2, 0) is 16.0 Å². The normalized spacial score (nSPS) is 20.7. The fourth-order valence-corrected chi connectivity index (χ4v) is 4.63. The Labute approximate surface area is 169 Å². The molecule has 1 aromatic carbocycles. The number of methoxy groups -OCH3 is 1. The van der Waals surface area contributed by atoms with Gasteiger partial charge >= 0.3 is 0 Å². The van der Waals surface area contributed by atoms with Gasteiger partial charge in [-0.3, -0.25) is 9.69 Å². The lowest BCUT2D eigenvalue weighted by atomic mass is 10.1. The third-order valence-corrected chi connectivity index (χ3v) is 6.19. The van der Waals surface area contributed by atoms with E-state index in [0.717, 1.165) is 73.4 Å². The second kappa shape index (κ2) is 7.82. The van der Waals surface area contributed by atoms with Crippen LogP contribution in [-0.4, -0.2) is 67.2 Å². The van der Waals surface area contributed by atoms with Gasteiger partial charge in [-0.2, -0.15) is 0 Å². The summed E-state index contributed by atoms with van der Waals surface area (Å²) < 4.78 is 20.8. The molecule has 0 radical (unpaired) electrons. The monoisotopic (exact) mass is 397 g/mol. The van der Waals surface area contributed by atoms with E-state index in [1.165, 1.54) is 0 Å². The summed E-state index contributed by atoms with van der Waals surface area (Å²) in [6.45, 7) is 6.49. The van der Waals surface area contributed by atoms with Crippen LogP contribution in [0.2, 0.25) is 0 Å². The quantitative estimate of drug-likeness (QED) is 0.661. The summed E-state index contributed by atoms with van der Waals surface area (Å²) in [5.74, 6) is 0.802. The second-order valence-corrected chi connectivity index (χ2v) is 7.77. The van der Waals surface area contributed by atoms with Crippen molar-refractivity contribution in [3.05, 3.63) is 40.8 Å². The van der Waals surface area contributed by atoms with Crippen molar-refractivity contribution >= 4 is 21.8 Å². The number of pyridine rings is 1. The van der Waals surface area contributed by atoms with Gasteiger partial charge < -0.3 is 23.3 Å². The lowest BCUT2D eigenvalue weighted by molar-refractivity contribution is 0.0366. The zero-order valence-electron chi connectivity index (χ0n) is 16.8. The van der Waals surface area contributed by atoms with E-state index in [2.05, 4.69) is 15.5 Å². The first-order chi connectivity index (χ1) is 14.3. The standard InChI is InChI=1S/C22H27N3O4/c1-27-19-4-2-3-17-20-18(5-7-24(22(20)26)16-6-12-29-15-16)25(21(17)19)9-8-23-10-13-28-14-11-23/h2-5,7,16H,6,8-15H2,1H3/t16-/m1/s1. The molecule has 2 aromatic heterocycles. The van der Waals surface area contributed by atoms with Gasteiger partial charge in [-0.05, 0) is 18.6 Å². The van der Waals surface area contributed by atoms with Crippen molar-refractivity contribution in [2.45, 2.75) is 19.0 Å². The smallest absolute Gasteiger partial charge is 0.260 e. The van der Waals surface area contributed by atoms with E-state index in [1.807, 2.05) is 29.0 Å². The van der Waals surface area contributed by atoms with Crippen molar-refractivity contribution in [1.29, 1.82) is 0 Å². The van der Waals surface area contributed by atoms with Crippen molar-refractivity contribution in [1.82, 2.24) is 14.0 Å². The topological polar surface area (TPSA) is 57.9 Å². The van der Waals surface area contributed by atoms with Crippen molar-refractivity contribution in [3.63, 3.8) is 0 Å². The molecule has 1 atom stereocenters. The number of nitrogens with zero attached hydrogens (tertiary/aromatic N) is 3. The predicted octanol–water partition coefficient (Wildman–Crippen LogP) is 2.26. The van der Waals surface area contributed by atoms with Gasteiger partial charge in [0, 0.05) is 44.4 Å². The summed E-state index contributed by atoms with van der Waals surface area (Å²) >= 11 is 0. The van der Waals surface area contributed by atoms with Crippen LogP contribution in [0.5, 0.6) is 5.75 Å². The molecule has 2 aliphatic heterocycles. The lowest BCUT2D eigenvalue weighted by Crippen LogP contribution is -2.38. The number of hydrogen-bond donors (Lipinski definition) is 0. The maximum Gasteiger partial charge on any atom is 0.260 e. The van der Waals surface area contributed by atoms with Crippen molar-refractivity contribution < 1.29 is 14.2 Å². The highest BCUT2D eigenvalue weighted by molar-refractivity contribution is 6.09. The van der Waals surface area contributed by atoms with Crippen LogP contribution in [0.25, 0.3) is 21.8 Å². The highest BCUT2D eigenvalue weighted by Crippen LogP contribution is 2.33. The molecule has 0 aliphatic carbocycles. The largest absolute Gasteiger partial charge is 0.495 e. The fourth-order valence-electron chi connectivity index (χ4n) is 4.63. The first-order valence-corrected chi connectivity index (χ1v) is 10.4. The maximum atomic E-state index is 13.5. The minimum atomic E-state index is 0.0568. The van der Waals surface area contributed by atoms with Crippen molar-refractivity contribution in [2.75, 3.05) is 53.2 Å². The minimum Gasteiger partial charge on any atom is -0.495 e. The molecule has 29 heavy (non-hydrogen) atoms. The Morgan fingerprint density at radius 1 is 1.10 bits per heavy atom. The summed E-state index contributed by atoms with van der Waals surface area (Å²) in [5.41, 5.74) is 2.02. The Morgan fingerprint density at radius 2 is 1.97 bits per heavy atom. The zero-order valence-corrected chi connectivity index (χ0v) is 16.8. The zero-order chi connectivity index (χ0) is 19.8. The average Bonchev–Trinajstić information content (AvgIpc) is 3.40. The number of rotatable bonds is 5. The molecule has 2 aliphatic rings. The minimum absolute atomic E-state index is 0.0568. The SMILES string of the molecule is COc1cccc2c3c(=O)n([C@@H]4CCOC4)ccc3n(CCN3CCOCC3)c12. The van der Waals surface area contributed by atoms with Crippen LogP contribution in [0.4, 0.5) is 0 Å².